The minimum Gasteiger partial charge on any atom is -0.301 e. The molecule has 0 aromatic heterocycles. The third-order valence-electron chi connectivity index (χ3n) is 3.41. The molecule has 1 amide bonds. The van der Waals surface area contributed by atoms with Crippen molar-refractivity contribution in [2.24, 2.45) is 0 Å². The highest BCUT2D eigenvalue weighted by molar-refractivity contribution is 6.37. The lowest BCUT2D eigenvalue weighted by Crippen LogP contribution is -2.56. The van der Waals surface area contributed by atoms with Crippen molar-refractivity contribution in [1.29, 1.82) is 0 Å². The minimum absolute atomic E-state index is 0.125. The van der Waals surface area contributed by atoms with Gasteiger partial charge in [-0.2, -0.15) is 0 Å². The predicted molar refractivity (Wildman–Crippen MR) is 72.6 cm³/mol. The maximum Gasteiger partial charge on any atom is 0.248 e. The molecule has 6 heteroatoms. The van der Waals surface area contributed by atoms with Crippen LogP contribution in [0.1, 0.15) is 11.6 Å². The van der Waals surface area contributed by atoms with Gasteiger partial charge in [0.2, 0.25) is 5.91 Å². The Bertz CT molecular complexity index is 705. The number of halogens is 4. The largest absolute Gasteiger partial charge is 0.301 e. The zero-order chi connectivity index (χ0) is 15.1. The lowest BCUT2D eigenvalue weighted by atomic mass is 9.92. The highest BCUT2D eigenvalue weighted by Crippen LogP contribution is 2.42. The van der Waals surface area contributed by atoms with E-state index in [1.54, 1.807) is 0 Å². The molecule has 3 rings (SSSR count). The van der Waals surface area contributed by atoms with Gasteiger partial charge in [0.15, 0.2) is 0 Å². The Labute approximate surface area is 123 Å². The summed E-state index contributed by atoms with van der Waals surface area (Å²) < 4.78 is 39.8. The van der Waals surface area contributed by atoms with Crippen LogP contribution in [0.15, 0.2) is 42.5 Å². The van der Waals surface area contributed by atoms with Gasteiger partial charge in [0.1, 0.15) is 22.8 Å². The number of amides is 1. The molecule has 2 nitrogen and oxygen atoms in total. The van der Waals surface area contributed by atoms with Crippen LogP contribution in [0.3, 0.4) is 0 Å². The molecule has 0 saturated carbocycles. The average molecular weight is 312 g/mol. The fraction of sp³-hybridized carbons (Fsp3) is 0.133. The van der Waals surface area contributed by atoms with Gasteiger partial charge in [-0.25, -0.2) is 13.2 Å². The SMILES string of the molecule is O=C1[C@@H](Cl)[C@H](c2ccc(F)cc2F)N1c1ccc(F)cc1. The predicted octanol–water partition coefficient (Wildman–Crippen LogP) is 3.80. The van der Waals surface area contributed by atoms with Crippen molar-refractivity contribution in [3.05, 3.63) is 65.5 Å². The third kappa shape index (κ3) is 2.27. The topological polar surface area (TPSA) is 20.3 Å². The summed E-state index contributed by atoms with van der Waals surface area (Å²) in [5, 5.41) is -0.935. The van der Waals surface area contributed by atoms with E-state index in [1.165, 1.54) is 35.2 Å². The second kappa shape index (κ2) is 5.07. The molecule has 0 radical (unpaired) electrons. The van der Waals surface area contributed by atoms with Crippen LogP contribution in [-0.4, -0.2) is 11.3 Å². The number of carbonyl (C=O) groups excluding carboxylic acids is 1. The van der Waals surface area contributed by atoms with Gasteiger partial charge in [0, 0.05) is 17.3 Å². The zero-order valence-corrected chi connectivity index (χ0v) is 11.3. The van der Waals surface area contributed by atoms with Gasteiger partial charge in [-0.05, 0) is 30.3 Å². The highest BCUT2D eigenvalue weighted by Gasteiger charge is 2.48. The quantitative estimate of drug-likeness (QED) is 0.610. The van der Waals surface area contributed by atoms with Crippen molar-refractivity contribution in [2.45, 2.75) is 11.4 Å². The monoisotopic (exact) mass is 311 g/mol. The first-order valence-electron chi connectivity index (χ1n) is 6.16. The summed E-state index contributed by atoms with van der Waals surface area (Å²) in [6.45, 7) is 0. The molecule has 0 aliphatic carbocycles. The van der Waals surface area contributed by atoms with E-state index in [0.717, 1.165) is 12.1 Å². The summed E-state index contributed by atoms with van der Waals surface area (Å²) in [6.07, 6.45) is 0. The Morgan fingerprint density at radius 3 is 2.19 bits per heavy atom. The van der Waals surface area contributed by atoms with Crippen LogP contribution in [0.5, 0.6) is 0 Å². The van der Waals surface area contributed by atoms with E-state index in [4.69, 9.17) is 11.6 Å². The number of β-lactam (4-membered cyclic amide) rings is 1. The first-order valence-corrected chi connectivity index (χ1v) is 6.60. The zero-order valence-electron chi connectivity index (χ0n) is 10.6. The number of nitrogens with zero attached hydrogens (tertiary/aromatic N) is 1. The van der Waals surface area contributed by atoms with Crippen molar-refractivity contribution in [3.8, 4) is 0 Å². The number of benzene rings is 2. The molecule has 1 saturated heterocycles. The number of alkyl halides is 1. The van der Waals surface area contributed by atoms with Gasteiger partial charge in [0.25, 0.3) is 0 Å². The van der Waals surface area contributed by atoms with E-state index in [0.29, 0.717) is 5.69 Å². The van der Waals surface area contributed by atoms with Crippen LogP contribution in [-0.2, 0) is 4.79 Å². The van der Waals surface area contributed by atoms with E-state index >= 15 is 0 Å². The summed E-state index contributed by atoms with van der Waals surface area (Å²) in [5.74, 6) is -2.33. The molecule has 21 heavy (non-hydrogen) atoms. The van der Waals surface area contributed by atoms with Gasteiger partial charge < -0.3 is 4.90 Å². The van der Waals surface area contributed by atoms with Crippen LogP contribution in [0.4, 0.5) is 18.9 Å². The maximum absolute atomic E-state index is 13.9. The summed E-state index contributed by atoms with van der Waals surface area (Å²) in [5.41, 5.74) is 0.535. The normalized spacial score (nSPS) is 21.3. The van der Waals surface area contributed by atoms with Crippen molar-refractivity contribution in [2.75, 3.05) is 4.90 Å². The van der Waals surface area contributed by atoms with E-state index < -0.39 is 34.8 Å². The Hall–Kier alpha value is -2.01. The maximum atomic E-state index is 13.9. The van der Waals surface area contributed by atoms with Crippen LogP contribution >= 0.6 is 11.6 Å². The number of carbonyl (C=O) groups is 1. The molecule has 1 aliphatic rings. The van der Waals surface area contributed by atoms with Gasteiger partial charge >= 0.3 is 0 Å². The first-order chi connectivity index (χ1) is 9.99. The lowest BCUT2D eigenvalue weighted by molar-refractivity contribution is -0.123. The number of rotatable bonds is 2. The van der Waals surface area contributed by atoms with Gasteiger partial charge in [0.05, 0.1) is 6.04 Å². The molecule has 2 aromatic carbocycles. The molecule has 2 aromatic rings. The van der Waals surface area contributed by atoms with Crippen LogP contribution < -0.4 is 4.90 Å². The summed E-state index contributed by atoms with van der Waals surface area (Å²) >= 11 is 5.96. The minimum atomic E-state index is -0.935. The molecule has 0 unspecified atom stereocenters. The summed E-state index contributed by atoms with van der Waals surface area (Å²) in [4.78, 5) is 13.2. The van der Waals surface area contributed by atoms with E-state index in [2.05, 4.69) is 0 Å². The smallest absolute Gasteiger partial charge is 0.248 e. The summed E-state index contributed by atoms with van der Waals surface area (Å²) in [6, 6.07) is 7.57. The lowest BCUT2D eigenvalue weighted by Gasteiger charge is -2.44. The van der Waals surface area contributed by atoms with E-state index in [1.807, 2.05) is 0 Å². The highest BCUT2D eigenvalue weighted by atomic mass is 35.5. The Kier molecular flexibility index (Phi) is 3.37. The van der Waals surface area contributed by atoms with Crippen molar-refractivity contribution in [1.82, 2.24) is 0 Å². The van der Waals surface area contributed by atoms with Crippen molar-refractivity contribution in [3.63, 3.8) is 0 Å². The molecule has 0 N–H and O–H groups in total. The van der Waals surface area contributed by atoms with E-state index in [9.17, 15) is 18.0 Å². The van der Waals surface area contributed by atoms with Gasteiger partial charge in [-0.1, -0.05) is 6.07 Å². The van der Waals surface area contributed by atoms with Crippen LogP contribution in [0, 0.1) is 17.5 Å². The molecule has 2 atom stereocenters. The summed E-state index contributed by atoms with van der Waals surface area (Å²) in [7, 11) is 0. The van der Waals surface area contributed by atoms with Crippen molar-refractivity contribution < 1.29 is 18.0 Å². The second-order valence-corrected chi connectivity index (χ2v) is 5.17. The third-order valence-corrected chi connectivity index (χ3v) is 3.84. The number of hydrogen-bond donors (Lipinski definition) is 0. The second-order valence-electron chi connectivity index (χ2n) is 4.70. The van der Waals surface area contributed by atoms with Gasteiger partial charge in [-0.3, -0.25) is 4.79 Å². The van der Waals surface area contributed by atoms with Crippen molar-refractivity contribution >= 4 is 23.2 Å². The molecular weight excluding hydrogens is 303 g/mol. The fourth-order valence-electron chi connectivity index (χ4n) is 2.38. The average Bonchev–Trinajstić information content (AvgIpc) is 2.46. The molecule has 1 aliphatic heterocycles. The molecular formula is C15H9ClF3NO. The standard InChI is InChI=1S/C15H9ClF3NO/c16-13-14(11-6-3-9(18)7-12(11)19)20(15(13)21)10-4-1-8(17)2-5-10/h1-7,13-14H/t13-,14-/m0/s1. The van der Waals surface area contributed by atoms with Crippen LogP contribution in [0.2, 0.25) is 0 Å². The Balaban J connectivity index is 2.00. The molecule has 0 bridgehead atoms. The Morgan fingerprint density at radius 2 is 1.57 bits per heavy atom. The molecule has 0 spiro atoms. The Morgan fingerprint density at radius 1 is 0.952 bits per heavy atom. The molecule has 1 heterocycles. The number of anilines is 1. The van der Waals surface area contributed by atoms with E-state index in [-0.39, 0.29) is 5.56 Å². The first kappa shape index (κ1) is 13.9. The fourth-order valence-corrected chi connectivity index (χ4v) is 2.73. The molecule has 108 valence electrons. The molecule has 1 fully saturated rings. The number of hydrogen-bond acceptors (Lipinski definition) is 1. The van der Waals surface area contributed by atoms with Crippen LogP contribution in [0.25, 0.3) is 0 Å². The van der Waals surface area contributed by atoms with Gasteiger partial charge in [-0.15, -0.1) is 11.6 Å².